The summed E-state index contributed by atoms with van der Waals surface area (Å²) in [5, 5.41) is 5.23. The zero-order chi connectivity index (χ0) is 13.7. The minimum atomic E-state index is -0.438. The Hall–Kier alpha value is -2.40. The molecule has 5 heteroatoms. The Balaban J connectivity index is 2.05. The van der Waals surface area contributed by atoms with Gasteiger partial charge in [-0.05, 0) is 29.8 Å². The lowest BCUT2D eigenvalue weighted by Gasteiger charge is -2.10. The van der Waals surface area contributed by atoms with E-state index in [0.717, 1.165) is 5.56 Å². The van der Waals surface area contributed by atoms with Gasteiger partial charge in [-0.1, -0.05) is 24.3 Å². The highest BCUT2D eigenvalue weighted by Gasteiger charge is 2.06. The molecule has 0 radical (unpaired) electrons. The molecule has 0 saturated heterocycles. The van der Waals surface area contributed by atoms with Gasteiger partial charge in [-0.2, -0.15) is 0 Å². The Labute approximate surface area is 110 Å². The van der Waals surface area contributed by atoms with Crippen LogP contribution in [0.2, 0.25) is 0 Å². The van der Waals surface area contributed by atoms with Crippen molar-refractivity contribution in [1.82, 2.24) is 0 Å². The van der Waals surface area contributed by atoms with Gasteiger partial charge in [0.15, 0.2) is 0 Å². The second kappa shape index (κ2) is 5.97. The molecular formula is C14H14FN3O. The first-order valence-electron chi connectivity index (χ1n) is 5.80. The van der Waals surface area contributed by atoms with Crippen molar-refractivity contribution < 1.29 is 9.18 Å². The van der Waals surface area contributed by atoms with Crippen LogP contribution in [-0.2, 0) is 6.54 Å². The van der Waals surface area contributed by atoms with Gasteiger partial charge in [-0.3, -0.25) is 0 Å². The Morgan fingerprint density at radius 2 is 1.89 bits per heavy atom. The summed E-state index contributed by atoms with van der Waals surface area (Å²) in [4.78, 5) is 11.8. The zero-order valence-electron chi connectivity index (χ0n) is 10.2. The molecule has 2 rings (SSSR count). The van der Waals surface area contributed by atoms with Crippen molar-refractivity contribution in [1.29, 1.82) is 0 Å². The number of carbonyl (C=O) groups excluding carboxylic acids is 1. The number of para-hydroxylation sites is 1. The number of anilines is 2. The Kier molecular flexibility index (Phi) is 4.10. The number of amides is 2. The predicted molar refractivity (Wildman–Crippen MR) is 73.4 cm³/mol. The van der Waals surface area contributed by atoms with Crippen LogP contribution in [0, 0.1) is 5.82 Å². The molecule has 19 heavy (non-hydrogen) atoms. The number of hydrogen-bond acceptors (Lipinski definition) is 2. The molecule has 0 bridgehead atoms. The number of halogens is 1. The van der Waals surface area contributed by atoms with Gasteiger partial charge in [-0.15, -0.1) is 0 Å². The van der Waals surface area contributed by atoms with Crippen molar-refractivity contribution in [2.75, 3.05) is 10.6 Å². The number of benzene rings is 2. The lowest BCUT2D eigenvalue weighted by molar-refractivity contribution is 0.262. The van der Waals surface area contributed by atoms with E-state index in [1.165, 1.54) is 18.2 Å². The predicted octanol–water partition coefficient (Wildman–Crippen LogP) is 2.93. The monoisotopic (exact) mass is 259 g/mol. The van der Waals surface area contributed by atoms with E-state index in [2.05, 4.69) is 10.6 Å². The highest BCUT2D eigenvalue weighted by molar-refractivity contribution is 6.00. The van der Waals surface area contributed by atoms with Gasteiger partial charge in [0.25, 0.3) is 0 Å². The van der Waals surface area contributed by atoms with Crippen LogP contribution in [0.1, 0.15) is 5.56 Å². The van der Waals surface area contributed by atoms with Crippen molar-refractivity contribution in [3.63, 3.8) is 0 Å². The molecule has 0 spiro atoms. The van der Waals surface area contributed by atoms with Gasteiger partial charge in [-0.25, -0.2) is 9.18 Å². The Morgan fingerprint density at radius 3 is 2.63 bits per heavy atom. The van der Waals surface area contributed by atoms with E-state index in [0.29, 0.717) is 17.9 Å². The second-order valence-corrected chi connectivity index (χ2v) is 3.95. The minimum Gasteiger partial charge on any atom is -0.326 e. The van der Waals surface area contributed by atoms with Crippen LogP contribution in [0.4, 0.5) is 20.6 Å². The van der Waals surface area contributed by atoms with Crippen molar-refractivity contribution in [2.24, 2.45) is 5.73 Å². The van der Waals surface area contributed by atoms with E-state index in [1.807, 2.05) is 12.1 Å². The molecule has 2 aromatic rings. The van der Waals surface area contributed by atoms with E-state index in [-0.39, 0.29) is 0 Å². The summed E-state index contributed by atoms with van der Waals surface area (Å²) in [5.74, 6) is -0.403. The fourth-order valence-electron chi connectivity index (χ4n) is 1.67. The second-order valence-electron chi connectivity index (χ2n) is 3.95. The molecule has 4 nitrogen and oxygen atoms in total. The van der Waals surface area contributed by atoms with Crippen molar-refractivity contribution in [3.8, 4) is 0 Å². The summed E-state index contributed by atoms with van der Waals surface area (Å²) in [6, 6.07) is 12.5. The highest BCUT2D eigenvalue weighted by Crippen LogP contribution is 2.15. The third-order valence-electron chi connectivity index (χ3n) is 2.57. The van der Waals surface area contributed by atoms with Crippen LogP contribution in [0.25, 0.3) is 0 Å². The summed E-state index contributed by atoms with van der Waals surface area (Å²) in [7, 11) is 0. The fraction of sp³-hybridized carbons (Fsp3) is 0.0714. The first kappa shape index (κ1) is 13.0. The van der Waals surface area contributed by atoms with Gasteiger partial charge >= 0.3 is 6.03 Å². The molecule has 0 aliphatic rings. The SMILES string of the molecule is NCc1ccccc1NC(=O)Nc1cccc(F)c1. The van der Waals surface area contributed by atoms with E-state index >= 15 is 0 Å². The minimum absolute atomic E-state index is 0.330. The molecule has 0 saturated carbocycles. The standard InChI is InChI=1S/C14H14FN3O/c15-11-5-3-6-12(8-11)17-14(19)18-13-7-2-1-4-10(13)9-16/h1-8H,9,16H2,(H2,17,18,19). The first-order valence-corrected chi connectivity index (χ1v) is 5.80. The maximum atomic E-state index is 13.0. The van der Waals surface area contributed by atoms with Crippen LogP contribution >= 0.6 is 0 Å². The van der Waals surface area contributed by atoms with Crippen molar-refractivity contribution in [2.45, 2.75) is 6.54 Å². The summed E-state index contributed by atoms with van der Waals surface area (Å²) in [5.41, 5.74) is 7.44. The summed E-state index contributed by atoms with van der Waals surface area (Å²) >= 11 is 0. The van der Waals surface area contributed by atoms with Gasteiger partial charge in [0.1, 0.15) is 5.82 Å². The summed E-state index contributed by atoms with van der Waals surface area (Å²) < 4.78 is 13.0. The zero-order valence-corrected chi connectivity index (χ0v) is 10.2. The van der Waals surface area contributed by atoms with Crippen LogP contribution in [-0.4, -0.2) is 6.03 Å². The lowest BCUT2D eigenvalue weighted by Crippen LogP contribution is -2.20. The Morgan fingerprint density at radius 1 is 1.11 bits per heavy atom. The van der Waals surface area contributed by atoms with Gasteiger partial charge < -0.3 is 16.4 Å². The largest absolute Gasteiger partial charge is 0.326 e. The summed E-state index contributed by atoms with van der Waals surface area (Å²) in [6.45, 7) is 0.330. The molecule has 0 fully saturated rings. The maximum absolute atomic E-state index is 13.0. The molecule has 2 aromatic carbocycles. The van der Waals surface area contributed by atoms with Gasteiger partial charge in [0, 0.05) is 17.9 Å². The molecule has 0 aromatic heterocycles. The van der Waals surface area contributed by atoms with Crippen LogP contribution < -0.4 is 16.4 Å². The van der Waals surface area contributed by atoms with Crippen LogP contribution in [0.5, 0.6) is 0 Å². The van der Waals surface area contributed by atoms with E-state index in [4.69, 9.17) is 5.73 Å². The summed E-state index contributed by atoms with van der Waals surface area (Å²) in [6.07, 6.45) is 0. The number of nitrogens with one attached hydrogen (secondary N) is 2. The average Bonchev–Trinajstić information content (AvgIpc) is 2.39. The number of rotatable bonds is 3. The molecule has 0 aliphatic heterocycles. The topological polar surface area (TPSA) is 67.1 Å². The van der Waals surface area contributed by atoms with E-state index < -0.39 is 11.8 Å². The third-order valence-corrected chi connectivity index (χ3v) is 2.57. The molecule has 0 heterocycles. The molecule has 0 unspecified atom stereocenters. The van der Waals surface area contributed by atoms with Crippen molar-refractivity contribution in [3.05, 3.63) is 59.9 Å². The molecule has 4 N–H and O–H groups in total. The molecule has 2 amide bonds. The fourth-order valence-corrected chi connectivity index (χ4v) is 1.67. The quantitative estimate of drug-likeness (QED) is 0.793. The number of carbonyl (C=O) groups is 1. The smallest absolute Gasteiger partial charge is 0.323 e. The highest BCUT2D eigenvalue weighted by atomic mass is 19.1. The third kappa shape index (κ3) is 3.53. The number of urea groups is 1. The van der Waals surface area contributed by atoms with Crippen LogP contribution in [0.15, 0.2) is 48.5 Å². The van der Waals surface area contributed by atoms with Crippen molar-refractivity contribution >= 4 is 17.4 Å². The lowest BCUT2D eigenvalue weighted by atomic mass is 10.2. The Bertz CT molecular complexity index is 586. The molecule has 0 atom stereocenters. The molecular weight excluding hydrogens is 245 g/mol. The first-order chi connectivity index (χ1) is 9.19. The normalized spacial score (nSPS) is 10.0. The van der Waals surface area contributed by atoms with Gasteiger partial charge in [0.05, 0.1) is 0 Å². The van der Waals surface area contributed by atoms with E-state index in [1.54, 1.807) is 18.2 Å². The molecule has 0 aliphatic carbocycles. The van der Waals surface area contributed by atoms with Gasteiger partial charge in [0.2, 0.25) is 0 Å². The van der Waals surface area contributed by atoms with E-state index in [9.17, 15) is 9.18 Å². The number of nitrogens with two attached hydrogens (primary N) is 1. The average molecular weight is 259 g/mol. The molecule has 98 valence electrons. The number of hydrogen-bond donors (Lipinski definition) is 3. The maximum Gasteiger partial charge on any atom is 0.323 e. The van der Waals surface area contributed by atoms with Crippen LogP contribution in [0.3, 0.4) is 0 Å².